The summed E-state index contributed by atoms with van der Waals surface area (Å²) in [6, 6.07) is 0. The van der Waals surface area contributed by atoms with Gasteiger partial charge in [0.05, 0.1) is 12.8 Å². The van der Waals surface area contributed by atoms with Crippen LogP contribution in [0.2, 0.25) is 0 Å². The van der Waals surface area contributed by atoms with E-state index in [1.807, 2.05) is 0 Å². The zero-order valence-corrected chi connectivity index (χ0v) is 6.13. The molecule has 2 radical (unpaired) electrons. The number of hydrogen-bond donors (Lipinski definition) is 2. The first-order valence-corrected chi connectivity index (χ1v) is 2.06. The molecule has 0 saturated heterocycles. The van der Waals surface area contributed by atoms with E-state index >= 15 is 0 Å². The molecule has 0 heterocycles. The van der Waals surface area contributed by atoms with Gasteiger partial charge in [-0.2, -0.15) is 0 Å². The Balaban J connectivity index is -0.000000245. The van der Waals surface area contributed by atoms with Crippen LogP contribution in [0, 0.1) is 0 Å². The van der Waals surface area contributed by atoms with Gasteiger partial charge in [-0.05, 0) is 0 Å². The van der Waals surface area contributed by atoms with E-state index in [9.17, 15) is 9.59 Å². The predicted octanol–water partition coefficient (Wildman–Crippen LogP) is -0.826. The molecule has 6 heteroatoms. The molecule has 0 spiro atoms. The van der Waals surface area contributed by atoms with Crippen LogP contribution >= 0.6 is 0 Å². The van der Waals surface area contributed by atoms with E-state index < -0.39 is 11.9 Å². The molecule has 0 bridgehead atoms. The Labute approximate surface area is 82.3 Å². The van der Waals surface area contributed by atoms with Crippen LogP contribution in [-0.4, -0.2) is 59.9 Å². The van der Waals surface area contributed by atoms with Crippen molar-refractivity contribution >= 4 is 49.7 Å². The quantitative estimate of drug-likeness (QED) is 0.491. The Hall–Kier alpha value is 0.135. The van der Waals surface area contributed by atoms with Crippen LogP contribution in [0.1, 0.15) is 12.8 Å². The van der Waals surface area contributed by atoms with E-state index in [1.165, 1.54) is 0 Å². The molecule has 0 amide bonds. The van der Waals surface area contributed by atoms with Gasteiger partial charge in [-0.1, -0.05) is 0 Å². The van der Waals surface area contributed by atoms with Crippen molar-refractivity contribution in [2.45, 2.75) is 12.8 Å². The van der Waals surface area contributed by atoms with Crippen molar-refractivity contribution in [3.63, 3.8) is 0 Å². The zero-order chi connectivity index (χ0) is 6.57. The van der Waals surface area contributed by atoms with Gasteiger partial charge in [0, 0.05) is 37.7 Å². The first-order valence-electron chi connectivity index (χ1n) is 2.06. The predicted molar refractivity (Wildman–Crippen MR) is 36.0 cm³/mol. The Morgan fingerprint density at radius 3 is 1.20 bits per heavy atom. The maximum absolute atomic E-state index is 9.64. The minimum absolute atomic E-state index is 0. The molecule has 0 rings (SSSR count). The van der Waals surface area contributed by atoms with Crippen molar-refractivity contribution in [2.24, 2.45) is 0 Å². The molecule has 4 nitrogen and oxygen atoms in total. The van der Waals surface area contributed by atoms with E-state index in [1.54, 1.807) is 0 Å². The van der Waals surface area contributed by atoms with E-state index in [2.05, 4.69) is 0 Å². The average Bonchev–Trinajstić information content (AvgIpc) is 1.61. The molecule has 0 aliphatic rings. The van der Waals surface area contributed by atoms with Gasteiger partial charge < -0.3 is 10.2 Å². The summed E-state index contributed by atoms with van der Waals surface area (Å²) in [5.41, 5.74) is 0. The largest absolute Gasteiger partial charge is 0.481 e. The third-order valence-electron chi connectivity index (χ3n) is 0.553. The smallest absolute Gasteiger partial charge is 0.303 e. The van der Waals surface area contributed by atoms with Crippen LogP contribution in [-0.2, 0) is 9.59 Å². The molecule has 0 atom stereocenters. The third kappa shape index (κ3) is 15.7. The molecule has 0 unspecified atom stereocenters. The molecule has 2 N–H and O–H groups in total. The molecule has 0 aliphatic heterocycles. The van der Waals surface area contributed by atoms with E-state index in [4.69, 9.17) is 10.2 Å². The van der Waals surface area contributed by atoms with Crippen LogP contribution < -0.4 is 0 Å². The van der Waals surface area contributed by atoms with Crippen molar-refractivity contribution in [3.8, 4) is 0 Å². The summed E-state index contributed by atoms with van der Waals surface area (Å²) in [6.07, 6.45) is -0.593. The Morgan fingerprint density at radius 2 is 1.10 bits per heavy atom. The fraction of sp³-hybridized carbons (Fsp3) is 0.500. The Kier molecular flexibility index (Phi) is 15.2. The summed E-state index contributed by atoms with van der Waals surface area (Å²) in [7, 11) is 0. The normalized spacial score (nSPS) is 6.80. The number of aliphatic carboxylic acids is 2. The van der Waals surface area contributed by atoms with Gasteiger partial charge in [-0.3, -0.25) is 9.59 Å². The number of carbonyl (C=O) groups is 2. The van der Waals surface area contributed by atoms with Gasteiger partial charge >= 0.3 is 11.9 Å². The second kappa shape index (κ2) is 9.13. The fourth-order valence-corrected chi connectivity index (χ4v) is 0.214. The maximum Gasteiger partial charge on any atom is 0.303 e. The minimum Gasteiger partial charge on any atom is -0.481 e. The summed E-state index contributed by atoms with van der Waals surface area (Å²) in [5, 5.41) is 15.8. The molecule has 0 aromatic heterocycles. The molecule has 0 saturated carbocycles. The van der Waals surface area contributed by atoms with Gasteiger partial charge in [0.2, 0.25) is 0 Å². The molecule has 0 aromatic rings. The number of carboxylic acids is 2. The molecular weight excluding hydrogens is 126 g/mol. The summed E-state index contributed by atoms with van der Waals surface area (Å²) < 4.78 is 0. The van der Waals surface area contributed by atoms with Gasteiger partial charge in [0.15, 0.2) is 0 Å². The Morgan fingerprint density at radius 1 is 0.900 bits per heavy atom. The fourth-order valence-electron chi connectivity index (χ4n) is 0.214. The van der Waals surface area contributed by atoms with E-state index in [0.717, 1.165) is 0 Å². The van der Waals surface area contributed by atoms with Gasteiger partial charge in [-0.25, -0.2) is 0 Å². The second-order valence-electron chi connectivity index (χ2n) is 1.29. The van der Waals surface area contributed by atoms with Crippen LogP contribution in [0.15, 0.2) is 0 Å². The number of hydrogen-bond acceptors (Lipinski definition) is 2. The first-order chi connectivity index (χ1) is 3.63. The van der Waals surface area contributed by atoms with Gasteiger partial charge in [-0.15, -0.1) is 0 Å². The zero-order valence-electron chi connectivity index (χ0n) is 6.13. The summed E-state index contributed by atoms with van der Waals surface area (Å²) in [5.74, 6) is -2.15. The topological polar surface area (TPSA) is 74.6 Å². The van der Waals surface area contributed by atoms with Gasteiger partial charge in [0.25, 0.3) is 0 Å². The first kappa shape index (κ1) is 16.6. The third-order valence-corrected chi connectivity index (χ3v) is 0.553. The molecular formula is C4H6Li2O4. The van der Waals surface area contributed by atoms with Crippen LogP contribution in [0.3, 0.4) is 0 Å². The monoisotopic (exact) mass is 132 g/mol. The van der Waals surface area contributed by atoms with Crippen molar-refractivity contribution in [2.75, 3.05) is 0 Å². The summed E-state index contributed by atoms with van der Waals surface area (Å²) in [6.45, 7) is 0. The minimum atomic E-state index is -1.08. The van der Waals surface area contributed by atoms with E-state index in [-0.39, 0.29) is 50.6 Å². The second-order valence-corrected chi connectivity index (χ2v) is 1.29. The molecule has 0 fully saturated rings. The van der Waals surface area contributed by atoms with Crippen molar-refractivity contribution < 1.29 is 19.8 Å². The molecule has 10 heavy (non-hydrogen) atoms. The van der Waals surface area contributed by atoms with E-state index in [0.29, 0.717) is 0 Å². The number of carboxylic acid groups (broad SMARTS) is 2. The van der Waals surface area contributed by atoms with Crippen LogP contribution in [0.25, 0.3) is 0 Å². The summed E-state index contributed by atoms with van der Waals surface area (Å²) in [4.78, 5) is 19.3. The SMILES string of the molecule is O=C(O)CCC(=O)O.[Li].[Li]. The standard InChI is InChI=1S/C4H6O4.2Li/c5-3(6)1-2-4(7)8;;/h1-2H2,(H,5,6)(H,7,8);;. The van der Waals surface area contributed by atoms with Crippen molar-refractivity contribution in [1.29, 1.82) is 0 Å². The Bertz CT molecular complexity index is 99.8. The van der Waals surface area contributed by atoms with Crippen molar-refractivity contribution in [3.05, 3.63) is 0 Å². The van der Waals surface area contributed by atoms with Crippen LogP contribution in [0.4, 0.5) is 0 Å². The molecule has 0 aliphatic carbocycles. The average molecular weight is 132 g/mol. The molecule has 0 aromatic carbocycles. The summed E-state index contributed by atoms with van der Waals surface area (Å²) >= 11 is 0. The number of rotatable bonds is 3. The van der Waals surface area contributed by atoms with Crippen LogP contribution in [0.5, 0.6) is 0 Å². The van der Waals surface area contributed by atoms with Crippen molar-refractivity contribution in [1.82, 2.24) is 0 Å². The molecule has 48 valence electrons. The van der Waals surface area contributed by atoms with Gasteiger partial charge in [0.1, 0.15) is 0 Å². The maximum atomic E-state index is 9.64.